The van der Waals surface area contributed by atoms with E-state index in [0.717, 1.165) is 39.0 Å². The van der Waals surface area contributed by atoms with Gasteiger partial charge in [-0.05, 0) is 41.3 Å². The molecule has 1 fully saturated rings. The Hall–Kier alpha value is -3.08. The molecule has 6 N–H and O–H groups in total. The maximum Gasteiger partial charge on any atom is 0.221 e. The number of anilines is 3. The second-order valence-corrected chi connectivity index (χ2v) is 7.68. The summed E-state index contributed by atoms with van der Waals surface area (Å²) in [5.74, 6) is 0.686. The van der Waals surface area contributed by atoms with Crippen LogP contribution in [-0.2, 0) is 4.79 Å². The number of fused-ring (bicyclic) bond motifs is 3. The smallest absolute Gasteiger partial charge is 0.221 e. The van der Waals surface area contributed by atoms with Crippen LogP contribution in [0.5, 0.6) is 0 Å². The van der Waals surface area contributed by atoms with Gasteiger partial charge in [0.25, 0.3) is 0 Å². The molecule has 1 aliphatic heterocycles. The highest BCUT2D eigenvalue weighted by molar-refractivity contribution is 7.18. The minimum absolute atomic E-state index is 0.0500. The van der Waals surface area contributed by atoms with Crippen LogP contribution in [0.1, 0.15) is 18.7 Å². The lowest BCUT2D eigenvalue weighted by Crippen LogP contribution is -2.33. The topological polar surface area (TPSA) is 102 Å². The van der Waals surface area contributed by atoms with E-state index in [4.69, 9.17) is 4.98 Å². The van der Waals surface area contributed by atoms with Crippen molar-refractivity contribution in [1.29, 1.82) is 0 Å². The van der Waals surface area contributed by atoms with E-state index in [1.807, 2.05) is 24.3 Å². The molecule has 0 atom stereocenters. The highest BCUT2D eigenvalue weighted by Gasteiger charge is 2.17. The molecule has 9 heteroatoms. The van der Waals surface area contributed by atoms with Gasteiger partial charge in [0.05, 0.1) is 5.52 Å². The van der Waals surface area contributed by atoms with Crippen LogP contribution in [0.3, 0.4) is 0 Å². The molecule has 0 aliphatic carbocycles. The lowest BCUT2D eigenvalue weighted by Gasteiger charge is -2.13. The van der Waals surface area contributed by atoms with Gasteiger partial charge in [0.15, 0.2) is 0 Å². The Morgan fingerprint density at radius 3 is 2.69 bits per heavy atom. The molecular formula is C20H19N7OS. The number of rotatable bonds is 4. The summed E-state index contributed by atoms with van der Waals surface area (Å²) in [6.07, 6.45) is -0.0500. The van der Waals surface area contributed by atoms with Gasteiger partial charge in [0.2, 0.25) is 5.91 Å². The van der Waals surface area contributed by atoms with Crippen LogP contribution < -0.4 is 32.6 Å². The fourth-order valence-corrected chi connectivity index (χ4v) is 4.36. The first-order valence-corrected chi connectivity index (χ1v) is 10.0. The molecule has 0 unspecified atom stereocenters. The molecule has 2 aromatic carbocycles. The largest absolute Gasteiger partial charge is 0.340 e. The van der Waals surface area contributed by atoms with E-state index < -0.39 is 0 Å². The minimum Gasteiger partial charge on any atom is -0.340 e. The summed E-state index contributed by atoms with van der Waals surface area (Å²) in [5, 5.41) is 10.5. The van der Waals surface area contributed by atoms with Crippen LogP contribution in [0, 0.1) is 0 Å². The van der Waals surface area contributed by atoms with Gasteiger partial charge in [-0.25, -0.2) is 15.8 Å². The van der Waals surface area contributed by atoms with Gasteiger partial charge in [-0.2, -0.15) is 11.1 Å². The molecule has 0 saturated carbocycles. The Bertz CT molecular complexity index is 1220. The first kappa shape index (κ1) is 18.0. The molecular weight excluding hydrogens is 386 g/mol. The van der Waals surface area contributed by atoms with E-state index in [-0.39, 0.29) is 12.1 Å². The first-order chi connectivity index (χ1) is 14.2. The van der Waals surface area contributed by atoms with E-state index in [9.17, 15) is 4.79 Å². The number of amides is 1. The number of thiophene rings is 1. The number of hydrazine groups is 3. The fourth-order valence-electron chi connectivity index (χ4n) is 3.43. The zero-order valence-electron chi connectivity index (χ0n) is 15.5. The van der Waals surface area contributed by atoms with Crippen molar-refractivity contribution in [3.63, 3.8) is 0 Å². The molecule has 1 saturated heterocycles. The molecule has 0 radical (unpaired) electrons. The second kappa shape index (κ2) is 7.39. The van der Waals surface area contributed by atoms with Crippen molar-refractivity contribution in [2.24, 2.45) is 0 Å². The summed E-state index contributed by atoms with van der Waals surface area (Å²) < 4.78 is 1.19. The van der Waals surface area contributed by atoms with Crippen molar-refractivity contribution in [1.82, 2.24) is 26.9 Å². The lowest BCUT2D eigenvalue weighted by atomic mass is 10.1. The number of hydrogen-bond donors (Lipinski definition) is 6. The Labute approximate surface area is 170 Å². The summed E-state index contributed by atoms with van der Waals surface area (Å²) in [5.41, 5.74) is 15.4. The zero-order valence-corrected chi connectivity index (χ0v) is 16.4. The predicted molar refractivity (Wildman–Crippen MR) is 116 cm³/mol. The maximum absolute atomic E-state index is 11.3. The number of hydrogen-bond acceptors (Lipinski definition) is 8. The van der Waals surface area contributed by atoms with Gasteiger partial charge in [0.1, 0.15) is 12.0 Å². The summed E-state index contributed by atoms with van der Waals surface area (Å²) in [7, 11) is 0. The molecule has 2 aromatic heterocycles. The van der Waals surface area contributed by atoms with Gasteiger partial charge in [-0.3, -0.25) is 4.79 Å². The Balaban J connectivity index is 1.57. The van der Waals surface area contributed by atoms with Crippen LogP contribution >= 0.6 is 11.3 Å². The van der Waals surface area contributed by atoms with E-state index in [2.05, 4.69) is 62.2 Å². The van der Waals surface area contributed by atoms with E-state index in [0.29, 0.717) is 0 Å². The first-order valence-electron chi connectivity index (χ1n) is 9.14. The standard InChI is InChI=1S/C20H19N7OS/c1-11(28)21-13-3-2-4-14(10-13)22-20-16-7-8-29-18(16)15-6-5-12(9-17(15)23-20)19-24-26-27-25-19/h2-10,19,24-27H,1H3,(H,21,28)(H,22,23). The SMILES string of the molecule is CC(=O)Nc1cccc(Nc2nc3cc(C4NNNN4)ccc3c3sccc23)c1. The number of aromatic nitrogens is 1. The summed E-state index contributed by atoms with van der Waals surface area (Å²) >= 11 is 1.70. The molecule has 29 heavy (non-hydrogen) atoms. The monoisotopic (exact) mass is 405 g/mol. The number of pyridine rings is 1. The summed E-state index contributed by atoms with van der Waals surface area (Å²) in [4.78, 5) is 16.3. The predicted octanol–water partition coefficient (Wildman–Crippen LogP) is 3.27. The van der Waals surface area contributed by atoms with Crippen LogP contribution in [0.25, 0.3) is 21.0 Å². The number of nitrogens with one attached hydrogen (secondary N) is 6. The molecule has 146 valence electrons. The van der Waals surface area contributed by atoms with Crippen LogP contribution in [0.2, 0.25) is 0 Å². The number of nitrogens with zero attached hydrogens (tertiary/aromatic N) is 1. The van der Waals surface area contributed by atoms with Gasteiger partial charge < -0.3 is 10.6 Å². The molecule has 3 heterocycles. The van der Waals surface area contributed by atoms with Crippen LogP contribution in [0.4, 0.5) is 17.2 Å². The number of carbonyl (C=O) groups excluding carboxylic acids is 1. The fraction of sp³-hybridized carbons (Fsp3) is 0.100. The van der Waals surface area contributed by atoms with Gasteiger partial charge in [0, 0.05) is 33.8 Å². The maximum atomic E-state index is 11.3. The molecule has 8 nitrogen and oxygen atoms in total. The molecule has 1 amide bonds. The molecule has 5 rings (SSSR count). The van der Waals surface area contributed by atoms with Crippen molar-refractivity contribution in [3.8, 4) is 0 Å². The van der Waals surface area contributed by atoms with E-state index in [1.54, 1.807) is 11.3 Å². The molecule has 0 bridgehead atoms. The van der Waals surface area contributed by atoms with Crippen LogP contribution in [-0.4, -0.2) is 10.9 Å². The van der Waals surface area contributed by atoms with Gasteiger partial charge in [-0.1, -0.05) is 18.2 Å². The second-order valence-electron chi connectivity index (χ2n) is 6.76. The normalized spacial score (nSPS) is 14.5. The lowest BCUT2D eigenvalue weighted by molar-refractivity contribution is -0.114. The average molecular weight is 405 g/mol. The van der Waals surface area contributed by atoms with Crippen molar-refractivity contribution >= 4 is 55.4 Å². The van der Waals surface area contributed by atoms with Crippen molar-refractivity contribution in [2.75, 3.05) is 10.6 Å². The number of carbonyl (C=O) groups is 1. The molecule has 1 aliphatic rings. The summed E-state index contributed by atoms with van der Waals surface area (Å²) in [6, 6.07) is 16.0. The average Bonchev–Trinajstić information content (AvgIpc) is 3.40. The van der Waals surface area contributed by atoms with Gasteiger partial charge in [-0.15, -0.1) is 11.3 Å². The third kappa shape index (κ3) is 3.53. The van der Waals surface area contributed by atoms with Gasteiger partial charge >= 0.3 is 0 Å². The quantitative estimate of drug-likeness (QED) is 0.310. The zero-order chi connectivity index (χ0) is 19.8. The number of benzene rings is 2. The highest BCUT2D eigenvalue weighted by Crippen LogP contribution is 2.35. The van der Waals surface area contributed by atoms with Crippen molar-refractivity contribution in [2.45, 2.75) is 13.1 Å². The summed E-state index contributed by atoms with van der Waals surface area (Å²) in [6.45, 7) is 1.50. The molecule has 0 spiro atoms. The highest BCUT2D eigenvalue weighted by atomic mass is 32.1. The van der Waals surface area contributed by atoms with E-state index >= 15 is 0 Å². The Morgan fingerprint density at radius 2 is 1.86 bits per heavy atom. The third-order valence-electron chi connectivity index (χ3n) is 4.69. The minimum atomic E-state index is -0.100. The van der Waals surface area contributed by atoms with Crippen molar-refractivity contribution in [3.05, 3.63) is 59.5 Å². The Kier molecular flexibility index (Phi) is 4.58. The van der Waals surface area contributed by atoms with Crippen LogP contribution in [0.15, 0.2) is 53.9 Å². The third-order valence-corrected chi connectivity index (χ3v) is 5.64. The Morgan fingerprint density at radius 1 is 1.03 bits per heavy atom. The van der Waals surface area contributed by atoms with Crippen molar-refractivity contribution < 1.29 is 4.79 Å². The molecule has 4 aromatic rings. The van der Waals surface area contributed by atoms with E-state index in [1.165, 1.54) is 11.6 Å².